The fourth-order valence-corrected chi connectivity index (χ4v) is 1.89. The highest BCUT2D eigenvalue weighted by Crippen LogP contribution is 2.19. The summed E-state index contributed by atoms with van der Waals surface area (Å²) < 4.78 is 4.76. The van der Waals surface area contributed by atoms with Crippen molar-refractivity contribution in [1.29, 1.82) is 0 Å². The van der Waals surface area contributed by atoms with Crippen LogP contribution in [0.2, 0.25) is 0 Å². The smallest absolute Gasteiger partial charge is 0.250 e. The number of carbonyl (C=O) groups is 1. The van der Waals surface area contributed by atoms with Gasteiger partial charge < -0.3 is 10.1 Å². The highest BCUT2D eigenvalue weighted by molar-refractivity contribution is 9.09. The van der Waals surface area contributed by atoms with E-state index in [9.17, 15) is 4.79 Å². The molecule has 0 fully saturated rings. The molecule has 1 aromatic carbocycles. The molecule has 0 aliphatic rings. The van der Waals surface area contributed by atoms with Crippen LogP contribution in [-0.2, 0) is 16.0 Å². The molecule has 0 saturated carbocycles. The fraction of sp³-hybridized carbons (Fsp3) is 0.500. The Balaban J connectivity index is 2.54. The summed E-state index contributed by atoms with van der Waals surface area (Å²) in [6.45, 7) is 4.47. The maximum absolute atomic E-state index is 11.3. The van der Waals surface area contributed by atoms with Gasteiger partial charge in [-0.2, -0.15) is 0 Å². The number of nitrogens with one attached hydrogen (secondary N) is 1. The molecule has 0 aliphatic heterocycles. The van der Waals surface area contributed by atoms with Crippen LogP contribution in [-0.4, -0.2) is 24.5 Å². The first-order valence-electron chi connectivity index (χ1n) is 6.04. The summed E-state index contributed by atoms with van der Waals surface area (Å²) in [5.74, 6) is 0.469. The van der Waals surface area contributed by atoms with Gasteiger partial charge in [0.1, 0.15) is 6.61 Å². The number of alkyl halides is 1. The van der Waals surface area contributed by atoms with Crippen LogP contribution in [0.5, 0.6) is 0 Å². The van der Waals surface area contributed by atoms with E-state index in [1.165, 1.54) is 12.7 Å². The molecule has 3 nitrogen and oxygen atoms in total. The highest BCUT2D eigenvalue weighted by atomic mass is 79.9. The zero-order valence-electron chi connectivity index (χ0n) is 11.1. The molecule has 18 heavy (non-hydrogen) atoms. The van der Waals surface area contributed by atoms with Gasteiger partial charge in [-0.05, 0) is 30.0 Å². The Kier molecular flexibility index (Phi) is 6.36. The van der Waals surface area contributed by atoms with Gasteiger partial charge in [-0.15, -0.1) is 0 Å². The van der Waals surface area contributed by atoms with Gasteiger partial charge in [0.05, 0.1) is 0 Å². The normalized spacial score (nSPS) is 12.5. The van der Waals surface area contributed by atoms with E-state index in [1.807, 2.05) is 24.3 Å². The summed E-state index contributed by atoms with van der Waals surface area (Å²) >= 11 is 3.67. The second-order valence-electron chi connectivity index (χ2n) is 4.64. The zero-order chi connectivity index (χ0) is 13.5. The summed E-state index contributed by atoms with van der Waals surface area (Å²) in [5.41, 5.74) is 2.06. The van der Waals surface area contributed by atoms with E-state index in [0.29, 0.717) is 10.7 Å². The van der Waals surface area contributed by atoms with Crippen LogP contribution in [0, 0.1) is 5.92 Å². The second-order valence-corrected chi connectivity index (χ2v) is 5.82. The third kappa shape index (κ3) is 5.19. The Hall–Kier alpha value is -0.870. The molecule has 0 heterocycles. The number of benzene rings is 1. The minimum absolute atomic E-state index is 0.0819. The van der Waals surface area contributed by atoms with E-state index in [4.69, 9.17) is 4.74 Å². The van der Waals surface area contributed by atoms with Crippen LogP contribution in [0.25, 0.3) is 0 Å². The van der Waals surface area contributed by atoms with Crippen molar-refractivity contribution in [3.05, 3.63) is 29.8 Å². The third-order valence-corrected chi connectivity index (χ3v) is 4.05. The van der Waals surface area contributed by atoms with Crippen molar-refractivity contribution >= 4 is 27.5 Å². The summed E-state index contributed by atoms with van der Waals surface area (Å²) in [5, 5.41) is 2.77. The number of carbonyl (C=O) groups excluding carboxylic acids is 1. The predicted octanol–water partition coefficient (Wildman–Crippen LogP) is 3.23. The molecule has 1 amide bonds. The lowest BCUT2D eigenvalue weighted by Gasteiger charge is -2.13. The number of methoxy groups -OCH3 is 1. The van der Waals surface area contributed by atoms with Crippen molar-refractivity contribution in [3.63, 3.8) is 0 Å². The Morgan fingerprint density at radius 3 is 2.44 bits per heavy atom. The van der Waals surface area contributed by atoms with Gasteiger partial charge in [0.25, 0.3) is 0 Å². The van der Waals surface area contributed by atoms with Crippen LogP contribution in [0.4, 0.5) is 5.69 Å². The standard InChI is InChI=1S/C14H20BrNO2/c1-10(2)13(15)8-11-4-6-12(7-5-11)16-14(17)9-18-3/h4-7,10,13H,8-9H2,1-3H3,(H,16,17). The average molecular weight is 314 g/mol. The van der Waals surface area contributed by atoms with E-state index >= 15 is 0 Å². The van der Waals surface area contributed by atoms with Crippen molar-refractivity contribution in [1.82, 2.24) is 0 Å². The van der Waals surface area contributed by atoms with Gasteiger partial charge in [-0.3, -0.25) is 4.79 Å². The first-order valence-corrected chi connectivity index (χ1v) is 6.96. The van der Waals surface area contributed by atoms with Crippen molar-refractivity contribution in [3.8, 4) is 0 Å². The molecule has 1 aromatic rings. The molecular formula is C14H20BrNO2. The number of hydrogen-bond donors (Lipinski definition) is 1. The number of amides is 1. The van der Waals surface area contributed by atoms with Crippen molar-refractivity contribution in [2.45, 2.75) is 25.1 Å². The maximum Gasteiger partial charge on any atom is 0.250 e. The summed E-state index contributed by atoms with van der Waals surface area (Å²) in [4.78, 5) is 11.8. The third-order valence-electron chi connectivity index (χ3n) is 2.67. The summed E-state index contributed by atoms with van der Waals surface area (Å²) in [6.07, 6.45) is 0.990. The van der Waals surface area contributed by atoms with Gasteiger partial charge in [0.2, 0.25) is 5.91 Å². The van der Waals surface area contributed by atoms with Gasteiger partial charge in [-0.1, -0.05) is 41.9 Å². The van der Waals surface area contributed by atoms with Crippen LogP contribution >= 0.6 is 15.9 Å². The van der Waals surface area contributed by atoms with E-state index in [2.05, 4.69) is 35.1 Å². The van der Waals surface area contributed by atoms with Crippen molar-refractivity contribution < 1.29 is 9.53 Å². The monoisotopic (exact) mass is 313 g/mol. The lowest BCUT2D eigenvalue weighted by atomic mass is 10.0. The molecule has 0 radical (unpaired) electrons. The molecule has 0 bridgehead atoms. The van der Waals surface area contributed by atoms with Gasteiger partial charge in [0.15, 0.2) is 0 Å². The van der Waals surface area contributed by atoms with Gasteiger partial charge in [-0.25, -0.2) is 0 Å². The molecule has 0 aromatic heterocycles. The Bertz CT molecular complexity index is 376. The lowest BCUT2D eigenvalue weighted by molar-refractivity contribution is -0.119. The molecule has 1 rings (SSSR count). The summed E-state index contributed by atoms with van der Waals surface area (Å²) in [7, 11) is 1.50. The SMILES string of the molecule is COCC(=O)Nc1ccc(CC(Br)C(C)C)cc1. The quantitative estimate of drug-likeness (QED) is 0.819. The first kappa shape index (κ1) is 15.2. The van der Waals surface area contributed by atoms with Crippen LogP contribution in [0.3, 0.4) is 0 Å². The molecule has 1 unspecified atom stereocenters. The Morgan fingerprint density at radius 1 is 1.33 bits per heavy atom. The lowest BCUT2D eigenvalue weighted by Crippen LogP contribution is -2.17. The number of hydrogen-bond acceptors (Lipinski definition) is 2. The molecule has 100 valence electrons. The topological polar surface area (TPSA) is 38.3 Å². The maximum atomic E-state index is 11.3. The highest BCUT2D eigenvalue weighted by Gasteiger charge is 2.09. The molecular weight excluding hydrogens is 294 g/mol. The predicted molar refractivity (Wildman–Crippen MR) is 78.2 cm³/mol. The minimum Gasteiger partial charge on any atom is -0.375 e. The molecule has 0 aliphatic carbocycles. The Labute approximate surface area is 117 Å². The molecule has 1 atom stereocenters. The first-order chi connectivity index (χ1) is 8.52. The number of ether oxygens (including phenoxy) is 1. The Morgan fingerprint density at radius 2 is 1.94 bits per heavy atom. The molecule has 4 heteroatoms. The average Bonchev–Trinajstić information content (AvgIpc) is 2.31. The van der Waals surface area contributed by atoms with E-state index in [0.717, 1.165) is 12.1 Å². The van der Waals surface area contributed by atoms with Crippen LogP contribution in [0.1, 0.15) is 19.4 Å². The van der Waals surface area contributed by atoms with Crippen LogP contribution < -0.4 is 5.32 Å². The molecule has 0 spiro atoms. The van der Waals surface area contributed by atoms with Crippen LogP contribution in [0.15, 0.2) is 24.3 Å². The van der Waals surface area contributed by atoms with E-state index < -0.39 is 0 Å². The minimum atomic E-state index is -0.134. The van der Waals surface area contributed by atoms with Crippen molar-refractivity contribution in [2.24, 2.45) is 5.92 Å². The second kappa shape index (κ2) is 7.54. The van der Waals surface area contributed by atoms with E-state index in [1.54, 1.807) is 0 Å². The van der Waals surface area contributed by atoms with Gasteiger partial charge >= 0.3 is 0 Å². The zero-order valence-corrected chi connectivity index (χ0v) is 12.7. The van der Waals surface area contributed by atoms with E-state index in [-0.39, 0.29) is 12.5 Å². The number of halogens is 1. The number of rotatable bonds is 6. The summed E-state index contributed by atoms with van der Waals surface area (Å²) in [6, 6.07) is 7.92. The fourth-order valence-electron chi connectivity index (χ4n) is 1.51. The molecule has 1 N–H and O–H groups in total. The largest absolute Gasteiger partial charge is 0.375 e. The van der Waals surface area contributed by atoms with Crippen molar-refractivity contribution in [2.75, 3.05) is 19.0 Å². The van der Waals surface area contributed by atoms with Gasteiger partial charge in [0, 0.05) is 17.6 Å². The molecule has 0 saturated heterocycles. The number of anilines is 1.